The van der Waals surface area contributed by atoms with Gasteiger partial charge in [-0.2, -0.15) is 0 Å². The molecule has 9 heteroatoms. The third-order valence-corrected chi connectivity index (χ3v) is 7.69. The van der Waals surface area contributed by atoms with Crippen molar-refractivity contribution in [2.45, 2.75) is 32.4 Å². The number of nitrogens with one attached hydrogen (secondary N) is 2. The van der Waals surface area contributed by atoms with Gasteiger partial charge in [-0.1, -0.05) is 18.2 Å². The summed E-state index contributed by atoms with van der Waals surface area (Å²) in [6.45, 7) is 4.57. The summed E-state index contributed by atoms with van der Waals surface area (Å²) in [6.07, 6.45) is 1.92. The molecule has 1 fully saturated rings. The van der Waals surface area contributed by atoms with E-state index in [1.165, 1.54) is 6.07 Å². The van der Waals surface area contributed by atoms with Gasteiger partial charge >= 0.3 is 0 Å². The molecule has 0 radical (unpaired) electrons. The Hall–Kier alpha value is -4.24. The van der Waals surface area contributed by atoms with Gasteiger partial charge in [0.25, 0.3) is 0 Å². The van der Waals surface area contributed by atoms with Gasteiger partial charge in [-0.3, -0.25) is 9.78 Å². The average Bonchev–Trinajstić information content (AvgIpc) is 3.43. The number of halogens is 1. The Bertz CT molecular complexity index is 1520. The van der Waals surface area contributed by atoms with Crippen molar-refractivity contribution < 1.29 is 9.18 Å². The number of hydrogen-bond acceptors (Lipinski definition) is 4. The third-order valence-electron chi connectivity index (χ3n) is 7.34. The summed E-state index contributed by atoms with van der Waals surface area (Å²) >= 11 is 5.80. The van der Waals surface area contributed by atoms with E-state index in [-0.39, 0.29) is 30.1 Å². The van der Waals surface area contributed by atoms with Crippen LogP contribution in [0.5, 0.6) is 0 Å². The Morgan fingerprint density at radius 1 is 1.07 bits per heavy atom. The third kappa shape index (κ3) is 5.42. The molecule has 4 aromatic rings. The van der Waals surface area contributed by atoms with Crippen molar-refractivity contribution in [3.05, 3.63) is 107 Å². The smallest absolute Gasteiger partial charge is 0.226 e. The van der Waals surface area contributed by atoms with E-state index in [1.54, 1.807) is 24.4 Å². The maximum Gasteiger partial charge on any atom is 0.226 e. The van der Waals surface area contributed by atoms with Gasteiger partial charge in [0.15, 0.2) is 5.11 Å². The highest BCUT2D eigenvalue weighted by Gasteiger charge is 2.41. The fourth-order valence-corrected chi connectivity index (χ4v) is 5.70. The zero-order valence-electron chi connectivity index (χ0n) is 23.1. The lowest BCUT2D eigenvalue weighted by Gasteiger charge is -2.28. The van der Waals surface area contributed by atoms with Gasteiger partial charge in [0, 0.05) is 56.0 Å². The number of aromatic nitrogens is 2. The van der Waals surface area contributed by atoms with Crippen molar-refractivity contribution in [1.82, 2.24) is 19.8 Å². The molecule has 206 valence electrons. The summed E-state index contributed by atoms with van der Waals surface area (Å²) in [6, 6.07) is 22.3. The van der Waals surface area contributed by atoms with Crippen LogP contribution in [-0.2, 0) is 4.79 Å². The highest BCUT2D eigenvalue weighted by Crippen LogP contribution is 2.41. The molecule has 2 aromatic carbocycles. The lowest BCUT2D eigenvalue weighted by molar-refractivity contribution is -0.116. The number of carbonyl (C=O) groups is 1. The van der Waals surface area contributed by atoms with Crippen LogP contribution in [0.1, 0.15) is 41.1 Å². The molecule has 1 amide bonds. The van der Waals surface area contributed by atoms with Crippen LogP contribution < -0.4 is 15.5 Å². The fraction of sp³-hybridized carbons (Fsp3) is 0.258. The molecule has 2 N–H and O–H groups in total. The predicted molar refractivity (Wildman–Crippen MR) is 161 cm³/mol. The van der Waals surface area contributed by atoms with Crippen molar-refractivity contribution in [3.8, 4) is 5.69 Å². The van der Waals surface area contributed by atoms with Crippen molar-refractivity contribution in [2.24, 2.45) is 0 Å². The summed E-state index contributed by atoms with van der Waals surface area (Å²) in [5.74, 6) is -0.743. The van der Waals surface area contributed by atoms with E-state index in [0.29, 0.717) is 11.7 Å². The second-order valence-corrected chi connectivity index (χ2v) is 10.6. The standard InChI is InChI=1S/C31H33FN6OS/c1-20-19-24(21(2)38(20)23-14-12-22(13-15-23)36(3)4)30-29(27-11-7-8-17-33-27)35-31(40)37(30)18-16-28(39)34-26-10-6-5-9-25(26)32/h5-15,17,19,29-30H,16,18H2,1-4H3,(H,34,39)(H,35,40)/t29-,30+/m1/s1. The van der Waals surface area contributed by atoms with E-state index in [9.17, 15) is 9.18 Å². The minimum absolute atomic E-state index is 0.145. The van der Waals surface area contributed by atoms with Crippen LogP contribution in [0.25, 0.3) is 5.69 Å². The number of para-hydroxylation sites is 1. The summed E-state index contributed by atoms with van der Waals surface area (Å²) in [7, 11) is 4.05. The first-order valence-electron chi connectivity index (χ1n) is 13.2. The first-order chi connectivity index (χ1) is 19.2. The average molecular weight is 557 g/mol. The normalized spacial score (nSPS) is 16.6. The van der Waals surface area contributed by atoms with Crippen molar-refractivity contribution >= 4 is 34.6 Å². The highest BCUT2D eigenvalue weighted by atomic mass is 32.1. The fourth-order valence-electron chi connectivity index (χ4n) is 5.37. The van der Waals surface area contributed by atoms with Crippen LogP contribution >= 0.6 is 12.2 Å². The number of amides is 1. The molecule has 1 aliphatic heterocycles. The molecule has 1 aliphatic rings. The molecule has 0 saturated carbocycles. The summed E-state index contributed by atoms with van der Waals surface area (Å²) in [5.41, 5.74) is 6.53. The maximum atomic E-state index is 14.1. The minimum atomic E-state index is -0.464. The zero-order valence-corrected chi connectivity index (χ0v) is 23.9. The van der Waals surface area contributed by atoms with Gasteiger partial charge in [-0.25, -0.2) is 4.39 Å². The summed E-state index contributed by atoms with van der Waals surface area (Å²) in [5, 5.41) is 6.69. The van der Waals surface area contributed by atoms with Crippen LogP contribution in [-0.4, -0.2) is 46.1 Å². The van der Waals surface area contributed by atoms with Crippen LogP contribution in [0.15, 0.2) is 79.0 Å². The van der Waals surface area contributed by atoms with Gasteiger partial charge in [-0.05, 0) is 86.2 Å². The molecule has 1 saturated heterocycles. The van der Waals surface area contributed by atoms with Crippen LogP contribution in [0, 0.1) is 19.7 Å². The Morgan fingerprint density at radius 3 is 2.48 bits per heavy atom. The molecule has 40 heavy (non-hydrogen) atoms. The Morgan fingerprint density at radius 2 is 1.80 bits per heavy atom. The molecular formula is C31H33FN6OS. The first-order valence-corrected chi connectivity index (χ1v) is 13.6. The molecule has 0 bridgehead atoms. The number of aryl methyl sites for hydroxylation is 1. The van der Waals surface area contributed by atoms with E-state index < -0.39 is 5.82 Å². The van der Waals surface area contributed by atoms with E-state index in [1.807, 2.05) is 32.3 Å². The van der Waals surface area contributed by atoms with Crippen molar-refractivity contribution in [1.29, 1.82) is 0 Å². The van der Waals surface area contributed by atoms with Gasteiger partial charge in [0.05, 0.1) is 23.5 Å². The Balaban J connectivity index is 1.47. The molecule has 5 rings (SSSR count). The highest BCUT2D eigenvalue weighted by molar-refractivity contribution is 7.80. The number of nitrogens with zero attached hydrogens (tertiary/aromatic N) is 4. The molecule has 0 aliphatic carbocycles. The van der Waals surface area contributed by atoms with Gasteiger partial charge < -0.3 is 25.0 Å². The van der Waals surface area contributed by atoms with E-state index in [4.69, 9.17) is 12.2 Å². The molecular weight excluding hydrogens is 523 g/mol. The molecule has 0 spiro atoms. The Labute approximate surface area is 239 Å². The predicted octanol–water partition coefficient (Wildman–Crippen LogP) is 5.70. The second-order valence-electron chi connectivity index (χ2n) is 10.2. The van der Waals surface area contributed by atoms with E-state index >= 15 is 0 Å². The minimum Gasteiger partial charge on any atom is -0.378 e. The quantitative estimate of drug-likeness (QED) is 0.272. The largest absolute Gasteiger partial charge is 0.378 e. The van der Waals surface area contributed by atoms with Crippen LogP contribution in [0.3, 0.4) is 0 Å². The molecule has 7 nitrogen and oxygen atoms in total. The number of pyridine rings is 1. The lowest BCUT2D eigenvalue weighted by Crippen LogP contribution is -2.33. The second kappa shape index (κ2) is 11.5. The van der Waals surface area contributed by atoms with Crippen LogP contribution in [0.4, 0.5) is 15.8 Å². The van der Waals surface area contributed by atoms with Gasteiger partial charge in [-0.15, -0.1) is 0 Å². The first kappa shape index (κ1) is 27.3. The number of rotatable bonds is 8. The van der Waals surface area contributed by atoms with Gasteiger partial charge in [0.2, 0.25) is 5.91 Å². The molecule has 0 unspecified atom stereocenters. The van der Waals surface area contributed by atoms with Gasteiger partial charge in [0.1, 0.15) is 5.82 Å². The number of benzene rings is 2. The number of carbonyl (C=O) groups excluding carboxylic acids is 1. The van der Waals surface area contributed by atoms with Crippen molar-refractivity contribution in [3.63, 3.8) is 0 Å². The summed E-state index contributed by atoms with van der Waals surface area (Å²) in [4.78, 5) is 21.6. The maximum absolute atomic E-state index is 14.1. The number of thiocarbonyl (C=S) groups is 1. The molecule has 2 aromatic heterocycles. The SMILES string of the molecule is Cc1cc([C@H]2[C@@H](c3ccccn3)NC(=S)N2CCC(=O)Nc2ccccc2F)c(C)n1-c1ccc(N(C)C)cc1. The topological polar surface area (TPSA) is 65.4 Å². The Kier molecular flexibility index (Phi) is 7.84. The number of anilines is 2. The van der Waals surface area contributed by atoms with E-state index in [2.05, 4.69) is 74.2 Å². The molecule has 2 atom stereocenters. The number of hydrogen-bond donors (Lipinski definition) is 2. The van der Waals surface area contributed by atoms with Crippen molar-refractivity contribution in [2.75, 3.05) is 30.9 Å². The lowest BCUT2D eigenvalue weighted by atomic mass is 9.96. The van der Waals surface area contributed by atoms with Crippen LogP contribution in [0.2, 0.25) is 0 Å². The monoisotopic (exact) mass is 556 g/mol. The summed E-state index contributed by atoms with van der Waals surface area (Å²) < 4.78 is 16.3. The zero-order chi connectivity index (χ0) is 28.4. The van der Waals surface area contributed by atoms with E-state index in [0.717, 1.165) is 34.0 Å². The molecule has 3 heterocycles.